The smallest absolute Gasteiger partial charge is 0.199 e. The zero-order chi connectivity index (χ0) is 15.1. The van der Waals surface area contributed by atoms with E-state index < -0.39 is 0 Å². The van der Waals surface area contributed by atoms with Crippen LogP contribution in [-0.4, -0.2) is 27.2 Å². The Labute approximate surface area is 125 Å². The molecule has 0 radical (unpaired) electrons. The predicted octanol–water partition coefficient (Wildman–Crippen LogP) is 3.39. The Morgan fingerprint density at radius 1 is 1.18 bits per heavy atom. The average Bonchev–Trinajstić information content (AvgIpc) is 3.09. The molecule has 22 heavy (non-hydrogen) atoms. The average molecular weight is 294 g/mol. The van der Waals surface area contributed by atoms with Gasteiger partial charge in [0.1, 0.15) is 5.65 Å². The summed E-state index contributed by atoms with van der Waals surface area (Å²) in [6, 6.07) is 11.5. The Kier molecular flexibility index (Phi) is 2.77. The zero-order valence-electron chi connectivity index (χ0n) is 11.8. The monoisotopic (exact) mass is 294 g/mol. The lowest BCUT2D eigenvalue weighted by Crippen LogP contribution is -1.94. The van der Waals surface area contributed by atoms with Crippen LogP contribution in [0.3, 0.4) is 0 Å². The van der Waals surface area contributed by atoms with E-state index in [0.717, 1.165) is 27.6 Å². The second kappa shape index (κ2) is 4.78. The highest BCUT2D eigenvalue weighted by atomic mass is 16.6. The number of aromatic nitrogens is 3. The van der Waals surface area contributed by atoms with Crippen LogP contribution < -0.4 is 5.48 Å². The maximum Gasteiger partial charge on any atom is 0.199 e. The molecular formula is C16H14N4O2. The molecule has 0 saturated carbocycles. The number of anilines is 1. The molecule has 4 N–H and O–H groups in total. The molecule has 0 bridgehead atoms. The molecule has 0 atom stereocenters. The predicted molar refractivity (Wildman–Crippen MR) is 85.7 cm³/mol. The van der Waals surface area contributed by atoms with E-state index >= 15 is 0 Å². The third-order valence-electron chi connectivity index (χ3n) is 3.66. The summed E-state index contributed by atoms with van der Waals surface area (Å²) in [5, 5.41) is 12.2. The van der Waals surface area contributed by atoms with E-state index in [4.69, 9.17) is 4.84 Å². The topological polar surface area (TPSA) is 86.0 Å². The first-order valence-corrected chi connectivity index (χ1v) is 6.84. The van der Waals surface area contributed by atoms with E-state index in [1.54, 1.807) is 7.11 Å². The van der Waals surface area contributed by atoms with Gasteiger partial charge in [-0.2, -0.15) is 0 Å². The van der Waals surface area contributed by atoms with Gasteiger partial charge in [-0.05, 0) is 36.4 Å². The van der Waals surface area contributed by atoms with Gasteiger partial charge in [0.05, 0.1) is 24.1 Å². The number of nitrogens with zero attached hydrogens (tertiary/aromatic N) is 1. The Hall–Kier alpha value is -2.99. The van der Waals surface area contributed by atoms with Gasteiger partial charge >= 0.3 is 0 Å². The second-order valence-electron chi connectivity index (χ2n) is 5.03. The van der Waals surface area contributed by atoms with E-state index in [1.807, 2.05) is 42.6 Å². The maximum absolute atomic E-state index is 10.3. The number of hydrogen-bond donors (Lipinski definition) is 4. The number of fused-ring (bicyclic) bond motifs is 2. The minimum Gasteiger partial charge on any atom is -0.494 e. The Balaban J connectivity index is 1.95. The SMILES string of the molecule is CONc1ccc2[nH]c(O)c(-c3ccc4cc[nH]c4n3)c2c1. The summed E-state index contributed by atoms with van der Waals surface area (Å²) in [7, 11) is 1.56. The molecule has 3 heterocycles. The van der Waals surface area contributed by atoms with Gasteiger partial charge in [-0.15, -0.1) is 0 Å². The van der Waals surface area contributed by atoms with Crippen LogP contribution in [0, 0.1) is 0 Å². The molecule has 0 aliphatic rings. The fourth-order valence-electron chi connectivity index (χ4n) is 2.69. The quantitative estimate of drug-likeness (QED) is 0.436. The number of rotatable bonds is 3. The third kappa shape index (κ3) is 1.89. The second-order valence-corrected chi connectivity index (χ2v) is 5.03. The van der Waals surface area contributed by atoms with Gasteiger partial charge in [0.15, 0.2) is 5.88 Å². The molecule has 0 amide bonds. The van der Waals surface area contributed by atoms with Crippen LogP contribution in [0.1, 0.15) is 0 Å². The van der Waals surface area contributed by atoms with Crippen molar-refractivity contribution < 1.29 is 9.94 Å². The minimum absolute atomic E-state index is 0.1000. The lowest BCUT2D eigenvalue weighted by molar-refractivity contribution is 0.271. The first-order chi connectivity index (χ1) is 10.8. The Bertz CT molecular complexity index is 971. The zero-order valence-corrected chi connectivity index (χ0v) is 11.8. The molecule has 6 nitrogen and oxygen atoms in total. The number of aromatic amines is 2. The summed E-state index contributed by atoms with van der Waals surface area (Å²) in [5.41, 5.74) is 6.59. The first-order valence-electron chi connectivity index (χ1n) is 6.84. The number of hydrogen-bond acceptors (Lipinski definition) is 4. The fraction of sp³-hybridized carbons (Fsp3) is 0.0625. The Morgan fingerprint density at radius 2 is 2.09 bits per heavy atom. The molecule has 0 unspecified atom stereocenters. The number of aromatic hydroxyl groups is 1. The van der Waals surface area contributed by atoms with Gasteiger partial charge in [0.25, 0.3) is 0 Å². The maximum atomic E-state index is 10.3. The summed E-state index contributed by atoms with van der Waals surface area (Å²) in [4.78, 5) is 15.6. The number of pyridine rings is 1. The van der Waals surface area contributed by atoms with E-state index in [1.165, 1.54) is 0 Å². The largest absolute Gasteiger partial charge is 0.494 e. The molecule has 0 spiro atoms. The summed E-state index contributed by atoms with van der Waals surface area (Å²) < 4.78 is 0. The molecule has 6 heteroatoms. The van der Waals surface area contributed by atoms with Crippen molar-refractivity contribution in [1.29, 1.82) is 0 Å². The highest BCUT2D eigenvalue weighted by Gasteiger charge is 2.15. The number of H-pyrrole nitrogens is 2. The van der Waals surface area contributed by atoms with Crippen molar-refractivity contribution in [2.75, 3.05) is 12.6 Å². The third-order valence-corrected chi connectivity index (χ3v) is 3.66. The standard InChI is InChI=1S/C16H14N4O2/c1-22-20-10-3-5-12-11(8-10)14(16(21)19-12)13-4-2-9-6-7-17-15(9)18-13/h2-8,19-21H,1H3,(H,17,18). The van der Waals surface area contributed by atoms with Crippen LogP contribution in [-0.2, 0) is 4.84 Å². The van der Waals surface area contributed by atoms with Crippen molar-refractivity contribution in [2.45, 2.75) is 0 Å². The number of benzene rings is 1. The minimum atomic E-state index is 0.1000. The van der Waals surface area contributed by atoms with Crippen molar-refractivity contribution in [1.82, 2.24) is 15.0 Å². The molecule has 4 aromatic rings. The van der Waals surface area contributed by atoms with Crippen LogP contribution in [0.2, 0.25) is 0 Å². The van der Waals surface area contributed by atoms with Gasteiger partial charge in [0, 0.05) is 22.5 Å². The molecule has 0 aliphatic heterocycles. The summed E-state index contributed by atoms with van der Waals surface area (Å²) in [6.07, 6.45) is 1.84. The van der Waals surface area contributed by atoms with Gasteiger partial charge in [0.2, 0.25) is 0 Å². The van der Waals surface area contributed by atoms with Crippen molar-refractivity contribution in [2.24, 2.45) is 0 Å². The summed E-state index contributed by atoms with van der Waals surface area (Å²) in [5.74, 6) is 0.1000. The van der Waals surface area contributed by atoms with Gasteiger partial charge < -0.3 is 15.1 Å². The van der Waals surface area contributed by atoms with Crippen molar-refractivity contribution in [3.05, 3.63) is 42.6 Å². The van der Waals surface area contributed by atoms with Crippen LogP contribution in [0.5, 0.6) is 5.88 Å². The molecule has 4 rings (SSSR count). The van der Waals surface area contributed by atoms with Gasteiger partial charge in [-0.25, -0.2) is 4.98 Å². The van der Waals surface area contributed by atoms with Crippen LogP contribution in [0.15, 0.2) is 42.6 Å². The highest BCUT2D eigenvalue weighted by Crippen LogP contribution is 2.37. The molecule has 0 saturated heterocycles. The fourth-order valence-corrected chi connectivity index (χ4v) is 2.69. The van der Waals surface area contributed by atoms with Gasteiger partial charge in [-0.1, -0.05) is 0 Å². The van der Waals surface area contributed by atoms with Crippen LogP contribution >= 0.6 is 0 Å². The number of nitrogens with one attached hydrogen (secondary N) is 3. The van der Waals surface area contributed by atoms with Gasteiger partial charge in [-0.3, -0.25) is 10.3 Å². The highest BCUT2D eigenvalue weighted by molar-refractivity contribution is 6.00. The normalized spacial score (nSPS) is 11.3. The molecule has 0 fully saturated rings. The Morgan fingerprint density at radius 3 is 2.95 bits per heavy atom. The molecule has 0 aliphatic carbocycles. The molecule has 3 aromatic heterocycles. The van der Waals surface area contributed by atoms with E-state index in [0.29, 0.717) is 11.3 Å². The lowest BCUT2D eigenvalue weighted by atomic mass is 10.1. The molecular weight excluding hydrogens is 280 g/mol. The van der Waals surface area contributed by atoms with Crippen molar-refractivity contribution in [3.8, 4) is 17.1 Å². The van der Waals surface area contributed by atoms with Crippen LogP contribution in [0.25, 0.3) is 33.2 Å². The van der Waals surface area contributed by atoms with E-state index in [9.17, 15) is 5.11 Å². The van der Waals surface area contributed by atoms with E-state index in [2.05, 4.69) is 20.4 Å². The molecule has 1 aromatic carbocycles. The lowest BCUT2D eigenvalue weighted by Gasteiger charge is -2.04. The first kappa shape index (κ1) is 12.7. The summed E-state index contributed by atoms with van der Waals surface area (Å²) in [6.45, 7) is 0. The molecule has 110 valence electrons. The van der Waals surface area contributed by atoms with E-state index in [-0.39, 0.29) is 5.88 Å². The van der Waals surface area contributed by atoms with Crippen molar-refractivity contribution in [3.63, 3.8) is 0 Å². The van der Waals surface area contributed by atoms with Crippen LogP contribution in [0.4, 0.5) is 5.69 Å². The summed E-state index contributed by atoms with van der Waals surface area (Å²) >= 11 is 0. The van der Waals surface area contributed by atoms with Crippen molar-refractivity contribution >= 4 is 27.6 Å².